The van der Waals surface area contributed by atoms with Crippen molar-refractivity contribution in [3.63, 3.8) is 0 Å². The normalized spacial score (nSPS) is 15.3. The number of sulfonamides is 1. The Morgan fingerprint density at radius 3 is 2.64 bits per heavy atom. The molecule has 1 amide bonds. The fourth-order valence-electron chi connectivity index (χ4n) is 4.07. The maximum absolute atomic E-state index is 14.0. The lowest BCUT2D eigenvalue weighted by Gasteiger charge is -2.30. The summed E-state index contributed by atoms with van der Waals surface area (Å²) in [7, 11) is -2.46. The van der Waals surface area contributed by atoms with Gasteiger partial charge in [-0.1, -0.05) is 35.0 Å². The van der Waals surface area contributed by atoms with Gasteiger partial charge in [0.25, 0.3) is 0 Å². The molecule has 1 aliphatic rings. The van der Waals surface area contributed by atoms with E-state index in [4.69, 9.17) is 20.9 Å². The van der Waals surface area contributed by atoms with Gasteiger partial charge >= 0.3 is 0 Å². The van der Waals surface area contributed by atoms with Gasteiger partial charge in [0, 0.05) is 29.6 Å². The average Bonchev–Trinajstić information content (AvgIpc) is 3.24. The molecule has 0 radical (unpaired) electrons. The van der Waals surface area contributed by atoms with Crippen LogP contribution in [0.5, 0.6) is 5.75 Å². The molecular formula is C25H25ClFN3O5S. The molecule has 3 aromatic rings. The van der Waals surface area contributed by atoms with Gasteiger partial charge in [0.15, 0.2) is 10.7 Å². The summed E-state index contributed by atoms with van der Waals surface area (Å²) in [5.74, 6) is -0.563. The van der Waals surface area contributed by atoms with Crippen LogP contribution >= 0.6 is 11.6 Å². The minimum atomic E-state index is -3.96. The lowest BCUT2D eigenvalue weighted by molar-refractivity contribution is -0.120. The Labute approximate surface area is 213 Å². The fraction of sp³-hybridized carbons (Fsp3) is 0.280. The predicted molar refractivity (Wildman–Crippen MR) is 135 cm³/mol. The Morgan fingerprint density at radius 2 is 1.94 bits per heavy atom. The van der Waals surface area contributed by atoms with Crippen LogP contribution in [-0.4, -0.2) is 44.0 Å². The summed E-state index contributed by atoms with van der Waals surface area (Å²) in [4.78, 5) is 12.8. The summed E-state index contributed by atoms with van der Waals surface area (Å²) in [6.45, 7) is 1.83. The minimum Gasteiger partial charge on any atom is -0.495 e. The second kappa shape index (κ2) is 10.8. The number of amides is 1. The zero-order chi connectivity index (χ0) is 25.9. The molecule has 0 aliphatic carbocycles. The molecule has 1 aromatic heterocycles. The van der Waals surface area contributed by atoms with E-state index < -0.39 is 15.8 Å². The number of nitrogens with zero attached hydrogens (tertiary/aromatic N) is 2. The fourth-order valence-corrected chi connectivity index (χ4v) is 5.97. The van der Waals surface area contributed by atoms with Crippen molar-refractivity contribution in [2.24, 2.45) is 5.92 Å². The topological polar surface area (TPSA) is 102 Å². The maximum Gasteiger partial charge on any atom is 0.248 e. The minimum absolute atomic E-state index is 0.0173. The molecule has 0 bridgehead atoms. The summed E-state index contributed by atoms with van der Waals surface area (Å²) in [6, 6.07) is 11.0. The molecule has 190 valence electrons. The van der Waals surface area contributed by atoms with Crippen molar-refractivity contribution in [3.8, 4) is 5.75 Å². The van der Waals surface area contributed by atoms with Gasteiger partial charge in [0.1, 0.15) is 17.3 Å². The third-order valence-electron chi connectivity index (χ3n) is 5.99. The first-order valence-corrected chi connectivity index (χ1v) is 13.1. The van der Waals surface area contributed by atoms with E-state index in [1.807, 2.05) is 0 Å². The molecule has 0 atom stereocenters. The van der Waals surface area contributed by atoms with Crippen LogP contribution in [0.15, 0.2) is 51.9 Å². The van der Waals surface area contributed by atoms with Crippen molar-refractivity contribution in [3.05, 3.63) is 70.3 Å². The van der Waals surface area contributed by atoms with Crippen molar-refractivity contribution >= 4 is 45.4 Å². The number of halogens is 2. The number of aryl methyl sites for hydroxylation is 1. The largest absolute Gasteiger partial charge is 0.495 e. The van der Waals surface area contributed by atoms with E-state index in [9.17, 15) is 17.6 Å². The number of carbonyl (C=O) groups excluding carboxylic acids is 1. The van der Waals surface area contributed by atoms with Gasteiger partial charge < -0.3 is 14.6 Å². The molecule has 1 N–H and O–H groups in total. The van der Waals surface area contributed by atoms with Crippen LogP contribution in [0.2, 0.25) is 5.02 Å². The molecule has 11 heteroatoms. The van der Waals surface area contributed by atoms with Crippen molar-refractivity contribution in [2.45, 2.75) is 24.7 Å². The van der Waals surface area contributed by atoms with Crippen LogP contribution in [-0.2, 0) is 14.8 Å². The third-order valence-corrected chi connectivity index (χ3v) is 8.29. The second-order valence-electron chi connectivity index (χ2n) is 8.33. The van der Waals surface area contributed by atoms with Gasteiger partial charge in [0.2, 0.25) is 15.9 Å². The molecule has 2 aromatic carbocycles. The standard InChI is InChI=1S/C25H25ClFN3O5S/c1-16-24(23(35-29-16)9-7-17-5-3-4-6-20(17)27)36(32,33)30-13-11-18(12-14-30)25(31)28-21-15-19(26)8-10-22(21)34-2/h3-10,15,18H,11-14H2,1-2H3,(H,28,31)/b9-7+. The lowest BCUT2D eigenvalue weighted by Crippen LogP contribution is -2.41. The molecule has 0 saturated carbocycles. The zero-order valence-electron chi connectivity index (χ0n) is 19.7. The van der Waals surface area contributed by atoms with Gasteiger partial charge in [0.05, 0.1) is 12.8 Å². The summed E-state index contributed by atoms with van der Waals surface area (Å²) >= 11 is 6.04. The quantitative estimate of drug-likeness (QED) is 0.459. The van der Waals surface area contributed by atoms with Gasteiger partial charge in [-0.15, -0.1) is 0 Å². The number of ether oxygens (including phenoxy) is 1. The summed E-state index contributed by atoms with van der Waals surface area (Å²) < 4.78 is 52.7. The number of benzene rings is 2. The highest BCUT2D eigenvalue weighted by Crippen LogP contribution is 2.32. The van der Waals surface area contributed by atoms with Crippen LogP contribution in [0.4, 0.5) is 10.1 Å². The van der Waals surface area contributed by atoms with Crippen molar-refractivity contribution < 1.29 is 26.9 Å². The summed E-state index contributed by atoms with van der Waals surface area (Å²) in [5, 5.41) is 7.09. The lowest BCUT2D eigenvalue weighted by atomic mass is 9.97. The van der Waals surface area contributed by atoms with Crippen LogP contribution in [0, 0.1) is 18.7 Å². The molecule has 1 fully saturated rings. The van der Waals surface area contributed by atoms with E-state index in [1.54, 1.807) is 36.4 Å². The Morgan fingerprint density at radius 1 is 1.22 bits per heavy atom. The Bertz CT molecular complexity index is 1400. The molecule has 1 aliphatic heterocycles. The first kappa shape index (κ1) is 25.9. The molecule has 0 spiro atoms. The average molecular weight is 534 g/mol. The number of methoxy groups -OCH3 is 1. The van der Waals surface area contributed by atoms with E-state index in [0.717, 1.165) is 0 Å². The number of hydrogen-bond acceptors (Lipinski definition) is 6. The molecule has 1 saturated heterocycles. The number of piperidine rings is 1. The Balaban J connectivity index is 1.46. The summed E-state index contributed by atoms with van der Waals surface area (Å²) in [6.07, 6.45) is 3.50. The number of aromatic nitrogens is 1. The molecule has 0 unspecified atom stereocenters. The highest BCUT2D eigenvalue weighted by molar-refractivity contribution is 7.89. The van der Waals surface area contributed by atoms with Crippen LogP contribution in [0.1, 0.15) is 29.9 Å². The van der Waals surface area contributed by atoms with Crippen LogP contribution in [0.25, 0.3) is 12.2 Å². The van der Waals surface area contributed by atoms with E-state index in [-0.39, 0.29) is 46.8 Å². The highest BCUT2D eigenvalue weighted by Gasteiger charge is 2.36. The molecule has 4 rings (SSSR count). The second-order valence-corrected chi connectivity index (χ2v) is 10.6. The van der Waals surface area contributed by atoms with E-state index in [1.165, 1.54) is 36.6 Å². The first-order valence-electron chi connectivity index (χ1n) is 11.2. The van der Waals surface area contributed by atoms with Gasteiger partial charge in [-0.05, 0) is 56.2 Å². The third kappa shape index (κ3) is 5.45. The van der Waals surface area contributed by atoms with Crippen molar-refractivity contribution in [2.75, 3.05) is 25.5 Å². The number of carbonyl (C=O) groups is 1. The van der Waals surface area contributed by atoms with E-state index >= 15 is 0 Å². The SMILES string of the molecule is COc1ccc(Cl)cc1NC(=O)C1CCN(S(=O)(=O)c2c(C)noc2/C=C/c2ccccc2F)CC1. The zero-order valence-corrected chi connectivity index (χ0v) is 21.3. The van der Waals surface area contributed by atoms with Crippen molar-refractivity contribution in [1.82, 2.24) is 9.46 Å². The van der Waals surface area contributed by atoms with E-state index in [2.05, 4.69) is 10.5 Å². The number of nitrogens with one attached hydrogen (secondary N) is 1. The number of anilines is 1. The molecular weight excluding hydrogens is 509 g/mol. The van der Waals surface area contributed by atoms with Gasteiger partial charge in [-0.25, -0.2) is 12.8 Å². The first-order chi connectivity index (χ1) is 17.2. The van der Waals surface area contributed by atoms with Gasteiger partial charge in [-0.2, -0.15) is 4.31 Å². The Hall–Kier alpha value is -3.21. The van der Waals surface area contributed by atoms with Crippen LogP contribution in [0.3, 0.4) is 0 Å². The van der Waals surface area contributed by atoms with Gasteiger partial charge in [-0.3, -0.25) is 4.79 Å². The molecule has 8 nitrogen and oxygen atoms in total. The molecule has 36 heavy (non-hydrogen) atoms. The van der Waals surface area contributed by atoms with Crippen LogP contribution < -0.4 is 10.1 Å². The predicted octanol–water partition coefficient (Wildman–Crippen LogP) is 4.99. The van der Waals surface area contributed by atoms with E-state index in [0.29, 0.717) is 29.3 Å². The summed E-state index contributed by atoms with van der Waals surface area (Å²) in [5.41, 5.74) is 0.950. The highest BCUT2D eigenvalue weighted by atomic mass is 35.5. The smallest absolute Gasteiger partial charge is 0.248 e. The molecule has 2 heterocycles. The maximum atomic E-state index is 14.0. The Kier molecular flexibility index (Phi) is 7.77. The number of rotatable bonds is 7. The monoisotopic (exact) mass is 533 g/mol. The van der Waals surface area contributed by atoms with Crippen molar-refractivity contribution in [1.29, 1.82) is 0 Å². The number of hydrogen-bond donors (Lipinski definition) is 1.